The summed E-state index contributed by atoms with van der Waals surface area (Å²) in [4.78, 5) is 0. The number of aliphatic hydroxyl groups is 1. The molecule has 0 saturated heterocycles. The summed E-state index contributed by atoms with van der Waals surface area (Å²) >= 11 is 0. The molecule has 0 radical (unpaired) electrons. The summed E-state index contributed by atoms with van der Waals surface area (Å²) in [7, 11) is 0. The van der Waals surface area contributed by atoms with Crippen molar-refractivity contribution in [3.63, 3.8) is 0 Å². The molecule has 2 nitrogen and oxygen atoms in total. The van der Waals surface area contributed by atoms with Crippen LogP contribution in [-0.4, -0.2) is 11.5 Å². The van der Waals surface area contributed by atoms with Crippen molar-refractivity contribution in [2.75, 3.05) is 0 Å². The number of rotatable bonds is 4. The molecule has 0 saturated carbocycles. The van der Waals surface area contributed by atoms with E-state index in [1.165, 1.54) is 12.1 Å². The molecule has 0 aliphatic heterocycles. The predicted octanol–water partition coefficient (Wildman–Crippen LogP) is 3.28. The molecule has 0 unspecified atom stereocenters. The van der Waals surface area contributed by atoms with Crippen LogP contribution >= 0.6 is 0 Å². The van der Waals surface area contributed by atoms with Crippen LogP contribution in [0.1, 0.15) is 25.0 Å². The Bertz CT molecular complexity index is 373. The first kappa shape index (κ1) is 13.8. The molecule has 0 atom stereocenters. The Morgan fingerprint density at radius 3 is 2.41 bits per heavy atom. The average molecular weight is 248 g/mol. The molecule has 0 spiro atoms. The van der Waals surface area contributed by atoms with Crippen molar-refractivity contribution in [2.24, 2.45) is 5.92 Å². The van der Waals surface area contributed by atoms with Crippen molar-refractivity contribution >= 4 is 0 Å². The molecule has 96 valence electrons. The summed E-state index contributed by atoms with van der Waals surface area (Å²) in [6, 6.07) is 4.49. The second-order valence-electron chi connectivity index (χ2n) is 4.25. The minimum Gasteiger partial charge on any atom is -0.405 e. The smallest absolute Gasteiger partial charge is 0.405 e. The van der Waals surface area contributed by atoms with Crippen LogP contribution in [-0.2, 0) is 13.0 Å². The SMILES string of the molecule is CC(C)Cc1ccc(CO)c(OC(F)(F)F)c1. The first-order valence-electron chi connectivity index (χ1n) is 5.30. The van der Waals surface area contributed by atoms with Crippen LogP contribution < -0.4 is 4.74 Å². The molecule has 0 amide bonds. The molecule has 0 aliphatic carbocycles. The molecule has 0 aromatic heterocycles. The molecular weight excluding hydrogens is 233 g/mol. The van der Waals surface area contributed by atoms with E-state index in [0.717, 1.165) is 5.56 Å². The lowest BCUT2D eigenvalue weighted by Gasteiger charge is -2.14. The molecular formula is C12H15F3O2. The summed E-state index contributed by atoms with van der Waals surface area (Å²) in [5.74, 6) is 0.0202. The Kier molecular flexibility index (Phi) is 4.40. The number of aliphatic hydroxyl groups excluding tert-OH is 1. The van der Waals surface area contributed by atoms with Crippen LogP contribution in [0.2, 0.25) is 0 Å². The van der Waals surface area contributed by atoms with Crippen molar-refractivity contribution in [2.45, 2.75) is 33.2 Å². The molecule has 0 heterocycles. The van der Waals surface area contributed by atoms with Crippen molar-refractivity contribution in [1.82, 2.24) is 0 Å². The number of benzene rings is 1. The molecule has 1 rings (SSSR count). The molecule has 5 heteroatoms. The molecule has 0 fully saturated rings. The summed E-state index contributed by atoms with van der Waals surface area (Å²) < 4.78 is 40.3. The summed E-state index contributed by atoms with van der Waals surface area (Å²) in [6.45, 7) is 3.47. The zero-order valence-electron chi connectivity index (χ0n) is 9.71. The van der Waals surface area contributed by atoms with Gasteiger partial charge < -0.3 is 9.84 Å². The monoisotopic (exact) mass is 248 g/mol. The Balaban J connectivity index is 2.98. The van der Waals surface area contributed by atoms with E-state index < -0.39 is 13.0 Å². The normalized spacial score (nSPS) is 11.9. The highest BCUT2D eigenvalue weighted by Crippen LogP contribution is 2.28. The second-order valence-corrected chi connectivity index (χ2v) is 4.25. The molecule has 1 N–H and O–H groups in total. The van der Waals surface area contributed by atoms with Gasteiger partial charge in [0.05, 0.1) is 6.61 Å². The van der Waals surface area contributed by atoms with Crippen LogP contribution in [0, 0.1) is 5.92 Å². The minimum absolute atomic E-state index is 0.134. The average Bonchev–Trinajstić information content (AvgIpc) is 2.14. The van der Waals surface area contributed by atoms with E-state index >= 15 is 0 Å². The number of halogens is 3. The van der Waals surface area contributed by atoms with Crippen molar-refractivity contribution in [1.29, 1.82) is 0 Å². The predicted molar refractivity (Wildman–Crippen MR) is 57.6 cm³/mol. The van der Waals surface area contributed by atoms with E-state index in [9.17, 15) is 13.2 Å². The number of ether oxygens (including phenoxy) is 1. The van der Waals surface area contributed by atoms with Gasteiger partial charge in [0, 0.05) is 5.56 Å². The van der Waals surface area contributed by atoms with Crippen molar-refractivity contribution in [3.8, 4) is 5.75 Å². The zero-order valence-corrected chi connectivity index (χ0v) is 9.71. The van der Waals surface area contributed by atoms with Crippen LogP contribution in [0.5, 0.6) is 5.75 Å². The Morgan fingerprint density at radius 1 is 1.29 bits per heavy atom. The van der Waals surface area contributed by atoms with Gasteiger partial charge >= 0.3 is 6.36 Å². The van der Waals surface area contributed by atoms with Gasteiger partial charge in [0.25, 0.3) is 0 Å². The van der Waals surface area contributed by atoms with Crippen LogP contribution in [0.3, 0.4) is 0 Å². The standard InChI is InChI=1S/C12H15F3O2/c1-8(2)5-9-3-4-10(7-16)11(6-9)17-12(13,14)15/h3-4,6,8,16H,5,7H2,1-2H3. The van der Waals surface area contributed by atoms with E-state index in [-0.39, 0.29) is 11.3 Å². The first-order valence-corrected chi connectivity index (χ1v) is 5.30. The van der Waals surface area contributed by atoms with E-state index in [4.69, 9.17) is 5.11 Å². The molecule has 17 heavy (non-hydrogen) atoms. The number of hydrogen-bond donors (Lipinski definition) is 1. The van der Waals surface area contributed by atoms with E-state index in [1.807, 2.05) is 13.8 Å². The van der Waals surface area contributed by atoms with Gasteiger partial charge in [-0.15, -0.1) is 13.2 Å². The Hall–Kier alpha value is -1.23. The fraction of sp³-hybridized carbons (Fsp3) is 0.500. The van der Waals surface area contributed by atoms with Gasteiger partial charge in [-0.3, -0.25) is 0 Å². The van der Waals surface area contributed by atoms with E-state index in [1.54, 1.807) is 6.07 Å². The van der Waals surface area contributed by atoms with Crippen molar-refractivity contribution in [3.05, 3.63) is 29.3 Å². The van der Waals surface area contributed by atoms with Crippen LogP contribution in [0.25, 0.3) is 0 Å². The zero-order chi connectivity index (χ0) is 13.1. The third-order valence-corrected chi connectivity index (χ3v) is 2.17. The van der Waals surface area contributed by atoms with Crippen LogP contribution in [0.4, 0.5) is 13.2 Å². The van der Waals surface area contributed by atoms with E-state index in [0.29, 0.717) is 12.3 Å². The van der Waals surface area contributed by atoms with Gasteiger partial charge in [-0.1, -0.05) is 26.0 Å². The third kappa shape index (κ3) is 4.65. The highest BCUT2D eigenvalue weighted by Gasteiger charge is 2.32. The largest absolute Gasteiger partial charge is 0.573 e. The molecule has 0 aliphatic rings. The van der Waals surface area contributed by atoms with Gasteiger partial charge in [-0.25, -0.2) is 0 Å². The summed E-state index contributed by atoms with van der Waals surface area (Å²) in [5.41, 5.74) is 0.895. The lowest BCUT2D eigenvalue weighted by atomic mass is 10.0. The van der Waals surface area contributed by atoms with E-state index in [2.05, 4.69) is 4.74 Å². The maximum atomic E-state index is 12.1. The Labute approximate surface area is 98.0 Å². The highest BCUT2D eigenvalue weighted by molar-refractivity contribution is 5.37. The minimum atomic E-state index is -4.74. The maximum Gasteiger partial charge on any atom is 0.573 e. The molecule has 1 aromatic carbocycles. The van der Waals surface area contributed by atoms with Crippen molar-refractivity contribution < 1.29 is 23.0 Å². The van der Waals surface area contributed by atoms with Crippen LogP contribution in [0.15, 0.2) is 18.2 Å². The van der Waals surface area contributed by atoms with Gasteiger partial charge in [0.15, 0.2) is 0 Å². The highest BCUT2D eigenvalue weighted by atomic mass is 19.4. The lowest BCUT2D eigenvalue weighted by molar-refractivity contribution is -0.275. The molecule has 0 bridgehead atoms. The summed E-state index contributed by atoms with van der Waals surface area (Å²) in [5, 5.41) is 8.94. The number of hydrogen-bond acceptors (Lipinski definition) is 2. The lowest BCUT2D eigenvalue weighted by Crippen LogP contribution is -2.18. The maximum absolute atomic E-state index is 12.1. The quantitative estimate of drug-likeness (QED) is 0.886. The van der Waals surface area contributed by atoms with Gasteiger partial charge in [-0.05, 0) is 24.0 Å². The fourth-order valence-electron chi connectivity index (χ4n) is 1.55. The Morgan fingerprint density at radius 2 is 1.94 bits per heavy atom. The fourth-order valence-corrected chi connectivity index (χ4v) is 1.55. The number of alkyl halides is 3. The second kappa shape index (κ2) is 5.40. The first-order chi connectivity index (χ1) is 7.81. The van der Waals surface area contributed by atoms with Gasteiger partial charge in [-0.2, -0.15) is 0 Å². The third-order valence-electron chi connectivity index (χ3n) is 2.17. The van der Waals surface area contributed by atoms with Gasteiger partial charge in [0.1, 0.15) is 5.75 Å². The molecule has 1 aromatic rings. The topological polar surface area (TPSA) is 29.5 Å². The van der Waals surface area contributed by atoms with Gasteiger partial charge in [0.2, 0.25) is 0 Å². The summed E-state index contributed by atoms with van der Waals surface area (Å²) in [6.07, 6.45) is -4.07.